The summed E-state index contributed by atoms with van der Waals surface area (Å²) in [4.78, 5) is 24.8. The first-order chi connectivity index (χ1) is 12.7. The molecule has 134 valence electrons. The van der Waals surface area contributed by atoms with Crippen LogP contribution in [0.15, 0.2) is 18.2 Å². The van der Waals surface area contributed by atoms with Crippen LogP contribution < -0.4 is 10.2 Å². The molecular formula is C18H17FN4OS2. The molecule has 2 aliphatic rings. The van der Waals surface area contributed by atoms with Gasteiger partial charge in [0, 0.05) is 18.0 Å². The first kappa shape index (κ1) is 16.1. The molecule has 0 atom stereocenters. The van der Waals surface area contributed by atoms with Gasteiger partial charge in [-0.3, -0.25) is 4.79 Å². The highest BCUT2D eigenvalue weighted by atomic mass is 32.1. The summed E-state index contributed by atoms with van der Waals surface area (Å²) in [6.45, 7) is 1.22. The van der Waals surface area contributed by atoms with E-state index in [4.69, 9.17) is 0 Å². The Morgan fingerprint density at radius 1 is 1.19 bits per heavy atom. The van der Waals surface area contributed by atoms with Crippen molar-refractivity contribution in [2.24, 2.45) is 5.92 Å². The molecule has 1 aromatic carbocycles. The molecule has 26 heavy (non-hydrogen) atoms. The van der Waals surface area contributed by atoms with Crippen molar-refractivity contribution in [1.82, 2.24) is 9.97 Å². The second kappa shape index (κ2) is 6.28. The molecule has 1 amide bonds. The Labute approximate surface area is 157 Å². The molecule has 0 unspecified atom stereocenters. The van der Waals surface area contributed by atoms with Gasteiger partial charge in [0.15, 0.2) is 10.3 Å². The topological polar surface area (TPSA) is 58.1 Å². The predicted octanol–water partition coefficient (Wildman–Crippen LogP) is 3.85. The fourth-order valence-corrected chi connectivity index (χ4v) is 5.50. The number of nitrogens with zero attached hydrogens (tertiary/aromatic N) is 3. The van der Waals surface area contributed by atoms with Crippen LogP contribution in [0.4, 0.5) is 14.7 Å². The van der Waals surface area contributed by atoms with E-state index in [1.165, 1.54) is 35.1 Å². The minimum absolute atomic E-state index is 0.0136. The molecule has 5 rings (SSSR count). The number of para-hydroxylation sites is 1. The molecule has 8 heteroatoms. The van der Waals surface area contributed by atoms with Crippen LogP contribution in [-0.4, -0.2) is 29.0 Å². The minimum Gasteiger partial charge on any atom is -0.346 e. The van der Waals surface area contributed by atoms with E-state index >= 15 is 0 Å². The lowest BCUT2D eigenvalue weighted by atomic mass is 10.0. The molecule has 1 aliphatic heterocycles. The molecule has 1 saturated heterocycles. The Bertz CT molecular complexity index is 969. The van der Waals surface area contributed by atoms with Crippen molar-refractivity contribution in [3.8, 4) is 0 Å². The molecule has 0 spiro atoms. The number of aryl methyl sites for hydroxylation is 2. The Balaban J connectivity index is 1.23. The van der Waals surface area contributed by atoms with Crippen LogP contribution in [0.2, 0.25) is 0 Å². The number of fused-ring (bicyclic) bond motifs is 2. The Hall–Kier alpha value is -2.06. The quantitative estimate of drug-likeness (QED) is 0.741. The lowest BCUT2D eigenvalue weighted by Gasteiger charge is -2.37. The van der Waals surface area contributed by atoms with Crippen LogP contribution in [0.1, 0.15) is 23.4 Å². The lowest BCUT2D eigenvalue weighted by Crippen LogP contribution is -2.52. The van der Waals surface area contributed by atoms with Gasteiger partial charge >= 0.3 is 0 Å². The molecule has 1 N–H and O–H groups in total. The van der Waals surface area contributed by atoms with Gasteiger partial charge in [0.2, 0.25) is 5.91 Å². The van der Waals surface area contributed by atoms with E-state index < -0.39 is 0 Å². The van der Waals surface area contributed by atoms with Crippen molar-refractivity contribution in [3.63, 3.8) is 0 Å². The van der Waals surface area contributed by atoms with E-state index in [0.717, 1.165) is 33.5 Å². The summed E-state index contributed by atoms with van der Waals surface area (Å²) in [5.41, 5.74) is 1.57. The highest BCUT2D eigenvalue weighted by molar-refractivity contribution is 7.22. The molecule has 0 radical (unpaired) electrons. The van der Waals surface area contributed by atoms with Gasteiger partial charge in [-0.1, -0.05) is 17.4 Å². The number of anilines is 2. The van der Waals surface area contributed by atoms with E-state index in [0.29, 0.717) is 18.6 Å². The fraction of sp³-hybridized carbons (Fsp3) is 0.389. The maximum absolute atomic E-state index is 13.8. The third-order valence-corrected chi connectivity index (χ3v) is 7.11. The fourth-order valence-electron chi connectivity index (χ4n) is 3.45. The number of amides is 1. The van der Waals surface area contributed by atoms with E-state index in [9.17, 15) is 9.18 Å². The number of hydrogen-bond donors (Lipinski definition) is 1. The molecule has 0 saturated carbocycles. The standard InChI is InChI=1S/C18H17FN4OS2/c19-11-4-3-7-14-15(11)21-18(26-14)23-8-10(9-23)16(24)22-17-20-12-5-1-2-6-13(12)25-17/h3-4,7,10H,1-2,5-6,8-9H2,(H,20,22,24). The van der Waals surface area contributed by atoms with E-state index in [1.54, 1.807) is 17.4 Å². The van der Waals surface area contributed by atoms with Crippen LogP contribution in [-0.2, 0) is 17.6 Å². The number of rotatable bonds is 3. The smallest absolute Gasteiger partial charge is 0.232 e. The van der Waals surface area contributed by atoms with Gasteiger partial charge in [0.25, 0.3) is 0 Å². The molecule has 0 bridgehead atoms. The zero-order chi connectivity index (χ0) is 17.7. The number of carbonyl (C=O) groups excluding carboxylic acids is 1. The number of carbonyl (C=O) groups is 1. The van der Waals surface area contributed by atoms with E-state index in [1.807, 2.05) is 11.0 Å². The van der Waals surface area contributed by atoms with Crippen LogP contribution >= 0.6 is 22.7 Å². The Morgan fingerprint density at radius 2 is 2.04 bits per heavy atom. The summed E-state index contributed by atoms with van der Waals surface area (Å²) in [6.07, 6.45) is 4.49. The minimum atomic E-state index is -0.299. The summed E-state index contributed by atoms with van der Waals surface area (Å²) in [5, 5.41) is 4.47. The second-order valence-corrected chi connectivity index (χ2v) is 8.86. The van der Waals surface area contributed by atoms with Crippen LogP contribution in [0.3, 0.4) is 0 Å². The third-order valence-electron chi connectivity index (χ3n) is 4.96. The van der Waals surface area contributed by atoms with Crippen molar-refractivity contribution < 1.29 is 9.18 Å². The average Bonchev–Trinajstić information content (AvgIpc) is 3.17. The maximum Gasteiger partial charge on any atom is 0.232 e. The number of hydrogen-bond acceptors (Lipinski definition) is 6. The number of aromatic nitrogens is 2. The first-order valence-corrected chi connectivity index (χ1v) is 10.4. The number of thiazole rings is 2. The van der Waals surface area contributed by atoms with Gasteiger partial charge in [-0.25, -0.2) is 14.4 Å². The largest absolute Gasteiger partial charge is 0.346 e. The monoisotopic (exact) mass is 388 g/mol. The average molecular weight is 388 g/mol. The predicted molar refractivity (Wildman–Crippen MR) is 103 cm³/mol. The third kappa shape index (κ3) is 2.77. The summed E-state index contributed by atoms with van der Waals surface area (Å²) >= 11 is 3.07. The normalized spacial score (nSPS) is 17.2. The molecule has 5 nitrogen and oxygen atoms in total. The summed E-state index contributed by atoms with van der Waals surface area (Å²) < 4.78 is 14.6. The maximum atomic E-state index is 13.8. The van der Waals surface area contributed by atoms with E-state index in [-0.39, 0.29) is 17.6 Å². The van der Waals surface area contributed by atoms with Crippen molar-refractivity contribution >= 4 is 49.1 Å². The van der Waals surface area contributed by atoms with Crippen LogP contribution in [0.5, 0.6) is 0 Å². The number of halogens is 1. The zero-order valence-electron chi connectivity index (χ0n) is 14.0. The molecule has 1 aliphatic carbocycles. The summed E-state index contributed by atoms with van der Waals surface area (Å²) in [7, 11) is 0. The van der Waals surface area contributed by atoms with Crippen LogP contribution in [0.25, 0.3) is 10.2 Å². The summed E-state index contributed by atoms with van der Waals surface area (Å²) in [6, 6.07) is 4.99. The van der Waals surface area contributed by atoms with Crippen molar-refractivity contribution in [2.75, 3.05) is 23.3 Å². The molecule has 1 fully saturated rings. The molecule has 3 heterocycles. The van der Waals surface area contributed by atoms with Crippen molar-refractivity contribution in [2.45, 2.75) is 25.7 Å². The zero-order valence-corrected chi connectivity index (χ0v) is 15.6. The SMILES string of the molecule is O=C(Nc1nc2c(s1)CCCC2)C1CN(c2nc3c(F)cccc3s2)C1. The number of nitrogens with one attached hydrogen (secondary N) is 1. The van der Waals surface area contributed by atoms with Gasteiger partial charge in [0.1, 0.15) is 11.3 Å². The first-order valence-electron chi connectivity index (χ1n) is 8.77. The Morgan fingerprint density at radius 3 is 2.85 bits per heavy atom. The molecular weight excluding hydrogens is 371 g/mol. The second-order valence-electron chi connectivity index (χ2n) is 6.77. The van der Waals surface area contributed by atoms with Gasteiger partial charge in [-0.2, -0.15) is 0 Å². The van der Waals surface area contributed by atoms with Crippen LogP contribution in [0, 0.1) is 11.7 Å². The highest BCUT2D eigenvalue weighted by Gasteiger charge is 2.35. The van der Waals surface area contributed by atoms with E-state index in [2.05, 4.69) is 15.3 Å². The summed E-state index contributed by atoms with van der Waals surface area (Å²) in [5.74, 6) is -0.361. The Kier molecular flexibility index (Phi) is 3.90. The lowest BCUT2D eigenvalue weighted by molar-refractivity contribution is -0.120. The van der Waals surface area contributed by atoms with Gasteiger partial charge in [0.05, 0.1) is 16.3 Å². The van der Waals surface area contributed by atoms with Crippen molar-refractivity contribution in [1.29, 1.82) is 0 Å². The number of benzene rings is 1. The van der Waals surface area contributed by atoms with Crippen molar-refractivity contribution in [3.05, 3.63) is 34.6 Å². The molecule has 3 aromatic rings. The highest BCUT2D eigenvalue weighted by Crippen LogP contribution is 2.35. The van der Waals surface area contributed by atoms with Gasteiger partial charge in [-0.15, -0.1) is 11.3 Å². The molecule has 2 aromatic heterocycles. The van der Waals surface area contributed by atoms with Gasteiger partial charge in [-0.05, 0) is 37.8 Å². The van der Waals surface area contributed by atoms with Gasteiger partial charge < -0.3 is 10.2 Å².